The second kappa shape index (κ2) is 5.74. The second-order valence-electron chi connectivity index (χ2n) is 7.26. The first-order valence-electron chi connectivity index (χ1n) is 7.86. The average molecular weight is 323 g/mol. The van der Waals surface area contributed by atoms with Crippen LogP contribution in [-0.4, -0.2) is 34.7 Å². The van der Waals surface area contributed by atoms with Crippen molar-refractivity contribution in [2.24, 2.45) is 5.41 Å². The highest BCUT2D eigenvalue weighted by molar-refractivity contribution is 6.30. The van der Waals surface area contributed by atoms with Gasteiger partial charge in [0.2, 0.25) is 0 Å². The van der Waals surface area contributed by atoms with E-state index in [0.29, 0.717) is 23.4 Å². The fourth-order valence-electron chi connectivity index (χ4n) is 3.70. The molecular weight excluding hydrogens is 300 g/mol. The van der Waals surface area contributed by atoms with E-state index >= 15 is 0 Å². The highest BCUT2D eigenvalue weighted by atomic mass is 35.5. The Morgan fingerprint density at radius 2 is 1.95 bits per heavy atom. The highest BCUT2D eigenvalue weighted by Crippen LogP contribution is 2.40. The van der Waals surface area contributed by atoms with Gasteiger partial charge in [-0.2, -0.15) is 0 Å². The van der Waals surface area contributed by atoms with Crippen molar-refractivity contribution in [1.82, 2.24) is 10.2 Å². The zero-order valence-electron chi connectivity index (χ0n) is 13.1. The van der Waals surface area contributed by atoms with E-state index in [1.54, 1.807) is 17.0 Å². The Hall–Kier alpha value is -1.26. The maximum atomic E-state index is 12.5. The predicted molar refractivity (Wildman–Crippen MR) is 86.9 cm³/mol. The molecule has 2 atom stereocenters. The van der Waals surface area contributed by atoms with E-state index in [4.69, 9.17) is 11.6 Å². The van der Waals surface area contributed by atoms with Crippen molar-refractivity contribution in [1.29, 1.82) is 0 Å². The summed E-state index contributed by atoms with van der Waals surface area (Å²) >= 11 is 5.92. The van der Waals surface area contributed by atoms with Crippen LogP contribution in [0.2, 0.25) is 5.02 Å². The van der Waals surface area contributed by atoms with Crippen LogP contribution in [0.4, 0.5) is 4.79 Å². The van der Waals surface area contributed by atoms with E-state index in [1.165, 1.54) is 0 Å². The molecule has 1 aromatic rings. The van der Waals surface area contributed by atoms with Crippen molar-refractivity contribution < 1.29 is 9.90 Å². The number of likely N-dealkylation sites (tertiary alicyclic amines) is 1. The standard InChI is InChI=1S/C17H23ClN2O2/c1-17(2)9-13(10-17)19-16(22)20-8-7-14(21)15(20)11-3-5-12(18)6-4-11/h3-6,13-15,21H,7-10H2,1-2H3,(H,19,22)/t14-,15-/m1/s1. The molecule has 2 aliphatic rings. The summed E-state index contributed by atoms with van der Waals surface area (Å²) in [6.45, 7) is 5.01. The first kappa shape index (κ1) is 15.6. The summed E-state index contributed by atoms with van der Waals surface area (Å²) in [5.74, 6) is 0. The van der Waals surface area contributed by atoms with Gasteiger partial charge in [0.15, 0.2) is 0 Å². The summed E-state index contributed by atoms with van der Waals surface area (Å²) in [7, 11) is 0. The lowest BCUT2D eigenvalue weighted by Crippen LogP contribution is -2.52. The van der Waals surface area contributed by atoms with Crippen molar-refractivity contribution >= 4 is 17.6 Å². The molecule has 0 spiro atoms. The fraction of sp³-hybridized carbons (Fsp3) is 0.588. The molecule has 1 aliphatic carbocycles. The van der Waals surface area contributed by atoms with Gasteiger partial charge in [0.1, 0.15) is 0 Å². The molecule has 0 unspecified atom stereocenters. The smallest absolute Gasteiger partial charge is 0.318 e. The van der Waals surface area contributed by atoms with Crippen LogP contribution >= 0.6 is 11.6 Å². The highest BCUT2D eigenvalue weighted by Gasteiger charge is 2.41. The number of aliphatic hydroxyl groups is 1. The van der Waals surface area contributed by atoms with Crippen molar-refractivity contribution in [2.75, 3.05) is 6.54 Å². The molecule has 2 fully saturated rings. The lowest BCUT2D eigenvalue weighted by Gasteiger charge is -2.43. The molecule has 0 bridgehead atoms. The number of halogens is 1. The molecule has 2 amide bonds. The zero-order valence-corrected chi connectivity index (χ0v) is 13.8. The third-order valence-corrected chi connectivity index (χ3v) is 5.02. The van der Waals surface area contributed by atoms with Crippen LogP contribution in [0.25, 0.3) is 0 Å². The Morgan fingerprint density at radius 3 is 2.55 bits per heavy atom. The van der Waals surface area contributed by atoms with Crippen molar-refractivity contribution in [2.45, 2.75) is 51.3 Å². The Labute approximate surface area is 136 Å². The molecule has 120 valence electrons. The van der Waals surface area contributed by atoms with Gasteiger partial charge < -0.3 is 15.3 Å². The summed E-state index contributed by atoms with van der Waals surface area (Å²) in [5, 5.41) is 14.0. The first-order valence-corrected chi connectivity index (χ1v) is 8.24. The van der Waals surface area contributed by atoms with E-state index in [0.717, 1.165) is 18.4 Å². The molecule has 1 aromatic carbocycles. The molecular formula is C17H23ClN2O2. The molecule has 22 heavy (non-hydrogen) atoms. The van der Waals surface area contributed by atoms with Gasteiger partial charge in [-0.1, -0.05) is 37.6 Å². The molecule has 1 saturated carbocycles. The van der Waals surface area contributed by atoms with E-state index in [1.807, 2.05) is 12.1 Å². The van der Waals surface area contributed by atoms with E-state index in [-0.39, 0.29) is 18.1 Å². The van der Waals surface area contributed by atoms with Crippen molar-refractivity contribution in [3.05, 3.63) is 34.9 Å². The number of aliphatic hydroxyl groups excluding tert-OH is 1. The minimum absolute atomic E-state index is 0.0722. The topological polar surface area (TPSA) is 52.6 Å². The number of carbonyl (C=O) groups is 1. The normalized spacial score (nSPS) is 27.5. The van der Waals surface area contributed by atoms with Crippen molar-refractivity contribution in [3.8, 4) is 0 Å². The van der Waals surface area contributed by atoms with E-state index < -0.39 is 6.10 Å². The second-order valence-corrected chi connectivity index (χ2v) is 7.70. The minimum atomic E-state index is -0.523. The number of nitrogens with zero attached hydrogens (tertiary/aromatic N) is 1. The van der Waals surface area contributed by atoms with Gasteiger partial charge in [0.25, 0.3) is 0 Å². The predicted octanol–water partition coefficient (Wildman–Crippen LogP) is 3.35. The van der Waals surface area contributed by atoms with Crippen LogP contribution in [0.1, 0.15) is 44.7 Å². The van der Waals surface area contributed by atoms with Crippen LogP contribution in [0.3, 0.4) is 0 Å². The van der Waals surface area contributed by atoms with Crippen LogP contribution < -0.4 is 5.32 Å². The van der Waals surface area contributed by atoms with Gasteiger partial charge in [-0.3, -0.25) is 0 Å². The monoisotopic (exact) mass is 322 g/mol. The molecule has 1 saturated heterocycles. The summed E-state index contributed by atoms with van der Waals surface area (Å²) in [5.41, 5.74) is 1.26. The quantitative estimate of drug-likeness (QED) is 0.877. The number of rotatable bonds is 2. The average Bonchev–Trinajstić information content (AvgIpc) is 2.79. The number of amides is 2. The van der Waals surface area contributed by atoms with E-state index in [2.05, 4.69) is 19.2 Å². The van der Waals surface area contributed by atoms with E-state index in [9.17, 15) is 9.90 Å². The first-order chi connectivity index (χ1) is 10.4. The van der Waals surface area contributed by atoms with Gasteiger partial charge in [-0.25, -0.2) is 4.79 Å². The summed E-state index contributed by atoms with van der Waals surface area (Å²) in [6, 6.07) is 7.26. The SMILES string of the molecule is CC1(C)CC(NC(=O)N2CC[C@@H](O)[C@H]2c2ccc(Cl)cc2)C1. The Balaban J connectivity index is 1.69. The lowest BCUT2D eigenvalue weighted by atomic mass is 9.68. The zero-order chi connectivity index (χ0) is 15.9. The molecule has 2 N–H and O–H groups in total. The summed E-state index contributed by atoms with van der Waals surface area (Å²) in [4.78, 5) is 14.3. The van der Waals surface area contributed by atoms with Gasteiger partial charge in [-0.05, 0) is 42.4 Å². The molecule has 0 radical (unpaired) electrons. The molecule has 0 aromatic heterocycles. The molecule has 5 heteroatoms. The van der Waals surface area contributed by atoms with Crippen molar-refractivity contribution in [3.63, 3.8) is 0 Å². The van der Waals surface area contributed by atoms with Gasteiger partial charge in [-0.15, -0.1) is 0 Å². The Bertz CT molecular complexity index is 550. The number of hydrogen-bond donors (Lipinski definition) is 2. The molecule has 3 rings (SSSR count). The van der Waals surface area contributed by atoms with Gasteiger partial charge >= 0.3 is 6.03 Å². The largest absolute Gasteiger partial charge is 0.391 e. The summed E-state index contributed by atoms with van der Waals surface area (Å²) < 4.78 is 0. The lowest BCUT2D eigenvalue weighted by molar-refractivity contribution is 0.103. The maximum absolute atomic E-state index is 12.5. The number of urea groups is 1. The van der Waals surface area contributed by atoms with Crippen LogP contribution in [0.15, 0.2) is 24.3 Å². The fourth-order valence-corrected chi connectivity index (χ4v) is 3.83. The number of hydrogen-bond acceptors (Lipinski definition) is 2. The van der Waals surface area contributed by atoms with Crippen LogP contribution in [-0.2, 0) is 0 Å². The molecule has 4 nitrogen and oxygen atoms in total. The number of carbonyl (C=O) groups excluding carboxylic acids is 1. The van der Waals surface area contributed by atoms with Gasteiger partial charge in [0.05, 0.1) is 12.1 Å². The van der Waals surface area contributed by atoms with Gasteiger partial charge in [0, 0.05) is 17.6 Å². The Morgan fingerprint density at radius 1 is 1.32 bits per heavy atom. The Kier molecular flexibility index (Phi) is 4.08. The number of nitrogens with one attached hydrogen (secondary N) is 1. The summed E-state index contributed by atoms with van der Waals surface area (Å²) in [6.07, 6.45) is 2.11. The van der Waals surface area contributed by atoms with Crippen LogP contribution in [0.5, 0.6) is 0 Å². The number of benzene rings is 1. The molecule has 1 heterocycles. The van der Waals surface area contributed by atoms with Crippen LogP contribution in [0, 0.1) is 5.41 Å². The molecule has 1 aliphatic heterocycles. The third-order valence-electron chi connectivity index (χ3n) is 4.76. The third kappa shape index (κ3) is 3.08. The maximum Gasteiger partial charge on any atom is 0.318 e. The minimum Gasteiger partial charge on any atom is -0.391 e.